The largest absolute Gasteiger partial charge is 0.481 e. The van der Waals surface area contributed by atoms with Gasteiger partial charge in [-0.3, -0.25) is 9.59 Å². The highest BCUT2D eigenvalue weighted by Crippen LogP contribution is 2.22. The Kier molecular flexibility index (Phi) is 4.32. The second-order valence-electron chi connectivity index (χ2n) is 4.98. The van der Waals surface area contributed by atoms with Crippen LogP contribution in [0.2, 0.25) is 0 Å². The third-order valence-electron chi connectivity index (χ3n) is 3.43. The monoisotopic (exact) mass is 283 g/mol. The number of piperidine rings is 1. The number of amides is 1. The van der Waals surface area contributed by atoms with Crippen LogP contribution >= 0.6 is 0 Å². The summed E-state index contributed by atoms with van der Waals surface area (Å²) in [5.41, 5.74) is -0.178. The van der Waals surface area contributed by atoms with Crippen LogP contribution in [0.5, 0.6) is 0 Å². The highest BCUT2D eigenvalue weighted by molar-refractivity contribution is 5.94. The van der Waals surface area contributed by atoms with Crippen molar-refractivity contribution in [1.82, 2.24) is 4.90 Å². The second kappa shape index (κ2) is 5.98. The minimum Gasteiger partial charge on any atom is -0.481 e. The summed E-state index contributed by atoms with van der Waals surface area (Å²) in [5, 5.41) is 8.78. The molecule has 0 bridgehead atoms. The first kappa shape index (κ1) is 14.4. The molecule has 1 aliphatic heterocycles. The number of carbonyl (C=O) groups excluding carboxylic acids is 1. The number of aliphatic carboxylic acids is 1. The quantitative estimate of drug-likeness (QED) is 0.926. The van der Waals surface area contributed by atoms with E-state index in [1.54, 1.807) is 0 Å². The van der Waals surface area contributed by atoms with Gasteiger partial charge in [0, 0.05) is 25.6 Å². The first-order chi connectivity index (χ1) is 9.47. The third-order valence-corrected chi connectivity index (χ3v) is 3.43. The molecule has 1 N–H and O–H groups in total. The van der Waals surface area contributed by atoms with Crippen LogP contribution in [-0.2, 0) is 4.79 Å². The summed E-state index contributed by atoms with van der Waals surface area (Å²) < 4.78 is 26.4. The number of nitrogens with zero attached hydrogens (tertiary/aromatic N) is 1. The number of hydrogen-bond donors (Lipinski definition) is 1. The molecule has 4 nitrogen and oxygen atoms in total. The first-order valence-electron chi connectivity index (χ1n) is 6.43. The SMILES string of the molecule is O=C(O)CC1CCCN(C(=O)c2ccc(F)cc2F)C1. The fraction of sp³-hybridized carbons (Fsp3) is 0.429. The van der Waals surface area contributed by atoms with E-state index in [4.69, 9.17) is 5.11 Å². The van der Waals surface area contributed by atoms with Crippen molar-refractivity contribution in [3.63, 3.8) is 0 Å². The Bertz CT molecular complexity index is 533. The van der Waals surface area contributed by atoms with Crippen LogP contribution in [-0.4, -0.2) is 35.0 Å². The van der Waals surface area contributed by atoms with E-state index in [2.05, 4.69) is 0 Å². The Morgan fingerprint density at radius 3 is 2.75 bits per heavy atom. The van der Waals surface area contributed by atoms with Crippen LogP contribution in [0, 0.1) is 17.6 Å². The molecule has 1 aromatic carbocycles. The predicted octanol–water partition coefficient (Wildman–Crippen LogP) is 2.29. The molecule has 1 heterocycles. The molecule has 1 aliphatic rings. The van der Waals surface area contributed by atoms with Crippen molar-refractivity contribution in [2.75, 3.05) is 13.1 Å². The van der Waals surface area contributed by atoms with Gasteiger partial charge in [0.15, 0.2) is 0 Å². The number of carbonyl (C=O) groups is 2. The van der Waals surface area contributed by atoms with Crippen LogP contribution in [0.1, 0.15) is 29.6 Å². The van der Waals surface area contributed by atoms with Crippen LogP contribution in [0.4, 0.5) is 8.78 Å². The zero-order chi connectivity index (χ0) is 14.7. The second-order valence-corrected chi connectivity index (χ2v) is 4.98. The van der Waals surface area contributed by atoms with E-state index in [9.17, 15) is 18.4 Å². The molecular weight excluding hydrogens is 268 g/mol. The molecule has 0 radical (unpaired) electrons. The van der Waals surface area contributed by atoms with Crippen LogP contribution in [0.25, 0.3) is 0 Å². The first-order valence-corrected chi connectivity index (χ1v) is 6.43. The van der Waals surface area contributed by atoms with E-state index in [1.807, 2.05) is 0 Å². The van der Waals surface area contributed by atoms with Crippen molar-refractivity contribution < 1.29 is 23.5 Å². The highest BCUT2D eigenvalue weighted by atomic mass is 19.1. The van der Waals surface area contributed by atoms with Gasteiger partial charge in [0.1, 0.15) is 11.6 Å². The summed E-state index contributed by atoms with van der Waals surface area (Å²) >= 11 is 0. The number of carboxylic acid groups (broad SMARTS) is 1. The standard InChI is InChI=1S/C14H15F2NO3/c15-10-3-4-11(12(16)7-10)14(20)17-5-1-2-9(8-17)6-13(18)19/h3-4,7,9H,1-2,5-6,8H2,(H,18,19). The Morgan fingerprint density at radius 2 is 2.10 bits per heavy atom. The fourth-order valence-corrected chi connectivity index (χ4v) is 2.50. The van der Waals surface area contributed by atoms with E-state index >= 15 is 0 Å². The summed E-state index contributed by atoms with van der Waals surface area (Å²) in [5.74, 6) is -3.17. The molecule has 108 valence electrons. The molecule has 2 rings (SSSR count). The number of rotatable bonds is 3. The normalized spacial score (nSPS) is 18.9. The summed E-state index contributed by atoms with van der Waals surface area (Å²) in [7, 11) is 0. The predicted molar refractivity (Wildman–Crippen MR) is 67.2 cm³/mol. The van der Waals surface area contributed by atoms with Crippen LogP contribution in [0.15, 0.2) is 18.2 Å². The van der Waals surface area contributed by atoms with E-state index in [-0.39, 0.29) is 17.9 Å². The van der Waals surface area contributed by atoms with Gasteiger partial charge in [-0.25, -0.2) is 8.78 Å². The van der Waals surface area contributed by atoms with Gasteiger partial charge in [-0.15, -0.1) is 0 Å². The van der Waals surface area contributed by atoms with Gasteiger partial charge < -0.3 is 10.0 Å². The van der Waals surface area contributed by atoms with Gasteiger partial charge in [0.2, 0.25) is 0 Å². The molecule has 0 aromatic heterocycles. The number of likely N-dealkylation sites (tertiary alicyclic amines) is 1. The van der Waals surface area contributed by atoms with E-state index < -0.39 is 23.5 Å². The van der Waals surface area contributed by atoms with Gasteiger partial charge in [0.05, 0.1) is 5.56 Å². The van der Waals surface area contributed by atoms with E-state index in [0.717, 1.165) is 18.6 Å². The molecule has 1 atom stereocenters. The van der Waals surface area contributed by atoms with Gasteiger partial charge in [-0.05, 0) is 30.9 Å². The molecule has 1 aromatic rings. The molecule has 1 saturated heterocycles. The number of carboxylic acids is 1. The summed E-state index contributed by atoms with van der Waals surface area (Å²) in [6.45, 7) is 0.758. The summed E-state index contributed by atoms with van der Waals surface area (Å²) in [4.78, 5) is 24.3. The van der Waals surface area contributed by atoms with E-state index in [0.29, 0.717) is 25.6 Å². The fourth-order valence-electron chi connectivity index (χ4n) is 2.50. The van der Waals surface area contributed by atoms with E-state index in [1.165, 1.54) is 4.90 Å². The molecular formula is C14H15F2NO3. The van der Waals surface area contributed by atoms with Crippen LogP contribution in [0.3, 0.4) is 0 Å². The molecule has 0 aliphatic carbocycles. The molecule has 1 amide bonds. The summed E-state index contributed by atoms with van der Waals surface area (Å²) in [6.07, 6.45) is 1.42. The number of hydrogen-bond acceptors (Lipinski definition) is 2. The average Bonchev–Trinajstić information content (AvgIpc) is 2.37. The average molecular weight is 283 g/mol. The minimum absolute atomic E-state index is 0.00429. The molecule has 0 saturated carbocycles. The molecule has 20 heavy (non-hydrogen) atoms. The maximum absolute atomic E-state index is 13.6. The van der Waals surface area contributed by atoms with Crippen molar-refractivity contribution >= 4 is 11.9 Å². The molecule has 1 fully saturated rings. The Labute approximate surface area is 115 Å². The zero-order valence-electron chi connectivity index (χ0n) is 10.8. The maximum Gasteiger partial charge on any atom is 0.303 e. The third kappa shape index (κ3) is 3.31. The Hall–Kier alpha value is -1.98. The Balaban J connectivity index is 2.10. The topological polar surface area (TPSA) is 57.6 Å². The van der Waals surface area contributed by atoms with Crippen molar-refractivity contribution in [3.05, 3.63) is 35.4 Å². The lowest BCUT2D eigenvalue weighted by Crippen LogP contribution is -2.40. The Morgan fingerprint density at radius 1 is 1.35 bits per heavy atom. The van der Waals surface area contributed by atoms with Crippen molar-refractivity contribution in [2.24, 2.45) is 5.92 Å². The lowest BCUT2D eigenvalue weighted by atomic mass is 9.94. The lowest BCUT2D eigenvalue weighted by molar-refractivity contribution is -0.138. The van der Waals surface area contributed by atoms with Gasteiger partial charge in [-0.2, -0.15) is 0 Å². The number of halogens is 2. The smallest absolute Gasteiger partial charge is 0.303 e. The number of benzene rings is 1. The van der Waals surface area contributed by atoms with Crippen LogP contribution < -0.4 is 0 Å². The van der Waals surface area contributed by atoms with Gasteiger partial charge >= 0.3 is 5.97 Å². The molecule has 1 unspecified atom stereocenters. The maximum atomic E-state index is 13.6. The molecule has 6 heteroatoms. The van der Waals surface area contributed by atoms with Crippen molar-refractivity contribution in [3.8, 4) is 0 Å². The minimum atomic E-state index is -0.905. The van der Waals surface area contributed by atoms with Gasteiger partial charge in [0.25, 0.3) is 5.91 Å². The van der Waals surface area contributed by atoms with Crippen molar-refractivity contribution in [1.29, 1.82) is 0 Å². The molecule has 0 spiro atoms. The zero-order valence-corrected chi connectivity index (χ0v) is 10.8. The lowest BCUT2D eigenvalue weighted by Gasteiger charge is -2.32. The van der Waals surface area contributed by atoms with Gasteiger partial charge in [-0.1, -0.05) is 0 Å². The summed E-state index contributed by atoms with van der Waals surface area (Å²) in [6, 6.07) is 2.83. The van der Waals surface area contributed by atoms with Crippen molar-refractivity contribution in [2.45, 2.75) is 19.3 Å². The highest BCUT2D eigenvalue weighted by Gasteiger charge is 2.27.